The highest BCUT2D eigenvalue weighted by atomic mass is 19.1. The number of carbonyl (C=O) groups excluding carboxylic acids is 1. The molecule has 0 saturated carbocycles. The van der Waals surface area contributed by atoms with E-state index in [1.165, 1.54) is 11.2 Å². The molecule has 158 valence electrons. The number of halogens is 1. The van der Waals surface area contributed by atoms with Gasteiger partial charge in [-0.15, -0.1) is 0 Å². The second-order valence-corrected chi connectivity index (χ2v) is 8.04. The Morgan fingerprint density at radius 2 is 2.10 bits per heavy atom. The Hall–Kier alpha value is -3.41. The molecule has 2 aromatic rings. The van der Waals surface area contributed by atoms with Crippen LogP contribution >= 0.6 is 0 Å². The molecule has 0 radical (unpaired) electrons. The van der Waals surface area contributed by atoms with Crippen molar-refractivity contribution in [3.05, 3.63) is 36.2 Å². The molecule has 2 N–H and O–H groups in total. The molecule has 3 rings (SSSR count). The zero-order chi connectivity index (χ0) is 21.9. The highest BCUT2D eigenvalue weighted by molar-refractivity contribution is 5.68. The number of likely N-dealkylation sites (tertiary alicyclic amines) is 1. The van der Waals surface area contributed by atoms with Crippen LogP contribution in [0.25, 0.3) is 11.3 Å². The van der Waals surface area contributed by atoms with Gasteiger partial charge in [-0.3, -0.25) is 0 Å². The molecule has 0 aliphatic carbocycles. The molecule has 30 heavy (non-hydrogen) atoms. The number of piperidine rings is 1. The van der Waals surface area contributed by atoms with Crippen molar-refractivity contribution in [3.8, 4) is 23.1 Å². The summed E-state index contributed by atoms with van der Waals surface area (Å²) in [5.74, 6) is 0.595. The van der Waals surface area contributed by atoms with Gasteiger partial charge in [-0.25, -0.2) is 19.2 Å². The number of hydrogen-bond acceptors (Lipinski definition) is 7. The molecule has 0 unspecified atom stereocenters. The van der Waals surface area contributed by atoms with Crippen LogP contribution in [0.4, 0.5) is 15.0 Å². The van der Waals surface area contributed by atoms with E-state index in [0.717, 1.165) is 0 Å². The van der Waals surface area contributed by atoms with E-state index in [-0.39, 0.29) is 24.3 Å². The molecule has 9 heteroatoms. The Balaban J connectivity index is 1.69. The van der Waals surface area contributed by atoms with E-state index in [9.17, 15) is 14.4 Å². The summed E-state index contributed by atoms with van der Waals surface area (Å²) in [4.78, 5) is 21.5. The van der Waals surface area contributed by atoms with Gasteiger partial charge in [-0.1, -0.05) is 0 Å². The Bertz CT molecular complexity index is 970. The minimum Gasteiger partial charge on any atom is -0.486 e. The molecule has 1 aliphatic heterocycles. The summed E-state index contributed by atoms with van der Waals surface area (Å²) < 4.78 is 25.8. The summed E-state index contributed by atoms with van der Waals surface area (Å²) >= 11 is 0. The zero-order valence-corrected chi connectivity index (χ0v) is 17.1. The lowest BCUT2D eigenvalue weighted by molar-refractivity contribution is -0.0106. The summed E-state index contributed by atoms with van der Waals surface area (Å²) in [7, 11) is 0. The van der Waals surface area contributed by atoms with E-state index in [4.69, 9.17) is 15.2 Å². The largest absolute Gasteiger partial charge is 0.486 e. The number of hydrogen-bond donors (Lipinski definition) is 1. The minimum absolute atomic E-state index is 0.125. The molecule has 0 spiro atoms. The molecular formula is C21H24FN5O3. The number of anilines is 1. The average Bonchev–Trinajstić information content (AvgIpc) is 2.68. The van der Waals surface area contributed by atoms with E-state index in [1.807, 2.05) is 0 Å². The van der Waals surface area contributed by atoms with Crippen LogP contribution < -0.4 is 10.5 Å². The lowest BCUT2D eigenvalue weighted by Gasteiger charge is -2.35. The van der Waals surface area contributed by atoms with Crippen LogP contribution in [0.15, 0.2) is 30.6 Å². The van der Waals surface area contributed by atoms with Crippen LogP contribution in [0.2, 0.25) is 0 Å². The van der Waals surface area contributed by atoms with Crippen molar-refractivity contribution < 1.29 is 18.7 Å². The summed E-state index contributed by atoms with van der Waals surface area (Å²) in [5, 5.41) is 9.51. The Morgan fingerprint density at radius 1 is 1.33 bits per heavy atom. The molecule has 8 nitrogen and oxygen atoms in total. The summed E-state index contributed by atoms with van der Waals surface area (Å²) in [6.45, 7) is 5.46. The third kappa shape index (κ3) is 5.14. The molecule has 1 aliphatic rings. The first-order valence-corrected chi connectivity index (χ1v) is 9.57. The van der Waals surface area contributed by atoms with Gasteiger partial charge in [-0.05, 0) is 39.0 Å². The number of amides is 1. The molecule has 2 atom stereocenters. The smallest absolute Gasteiger partial charge is 0.410 e. The Kier molecular flexibility index (Phi) is 6.06. The van der Waals surface area contributed by atoms with Crippen molar-refractivity contribution in [2.75, 3.05) is 18.8 Å². The van der Waals surface area contributed by atoms with Crippen molar-refractivity contribution in [2.45, 2.75) is 45.1 Å². The van der Waals surface area contributed by atoms with Crippen molar-refractivity contribution in [3.63, 3.8) is 0 Å². The molecule has 0 bridgehead atoms. The number of alkyl halides is 1. The van der Waals surface area contributed by atoms with Gasteiger partial charge in [0.1, 0.15) is 35.7 Å². The predicted octanol–water partition coefficient (Wildman–Crippen LogP) is 3.32. The number of carbonyl (C=O) groups is 1. The van der Waals surface area contributed by atoms with E-state index in [2.05, 4.69) is 16.0 Å². The van der Waals surface area contributed by atoms with Crippen molar-refractivity contribution in [2.24, 2.45) is 0 Å². The Morgan fingerprint density at radius 3 is 2.73 bits per heavy atom. The van der Waals surface area contributed by atoms with Crippen molar-refractivity contribution in [1.29, 1.82) is 5.26 Å². The molecule has 1 saturated heterocycles. The number of nitrogens with two attached hydrogens (primary N) is 1. The molecule has 1 aromatic carbocycles. The van der Waals surface area contributed by atoms with E-state index >= 15 is 0 Å². The first-order chi connectivity index (χ1) is 14.2. The SMILES string of the molecule is CC(C)(C)OC(=O)N1CC[C@H](Oc2ccc(-c3cc(N)ncn3)cc2C#N)[C@@H](F)C1. The summed E-state index contributed by atoms with van der Waals surface area (Å²) in [5.41, 5.74) is 6.53. The molecule has 1 amide bonds. The first-order valence-electron chi connectivity index (χ1n) is 9.57. The fourth-order valence-corrected chi connectivity index (χ4v) is 3.08. The van der Waals surface area contributed by atoms with Gasteiger partial charge in [-0.2, -0.15) is 5.26 Å². The number of nitrogen functional groups attached to an aromatic ring is 1. The van der Waals surface area contributed by atoms with Crippen LogP contribution in [0, 0.1) is 11.3 Å². The zero-order valence-electron chi connectivity index (χ0n) is 17.1. The highest BCUT2D eigenvalue weighted by Crippen LogP contribution is 2.29. The van der Waals surface area contributed by atoms with Crippen molar-refractivity contribution in [1.82, 2.24) is 14.9 Å². The first kappa shape index (κ1) is 21.3. The number of benzene rings is 1. The topological polar surface area (TPSA) is 114 Å². The molecular weight excluding hydrogens is 389 g/mol. The second-order valence-electron chi connectivity index (χ2n) is 8.04. The summed E-state index contributed by atoms with van der Waals surface area (Å²) in [6, 6.07) is 8.61. The van der Waals surface area contributed by atoms with Crippen LogP contribution in [0.3, 0.4) is 0 Å². The maximum Gasteiger partial charge on any atom is 0.410 e. The maximum atomic E-state index is 14.7. The fourth-order valence-electron chi connectivity index (χ4n) is 3.08. The van der Waals surface area contributed by atoms with E-state index < -0.39 is 24.0 Å². The third-order valence-corrected chi connectivity index (χ3v) is 4.50. The van der Waals surface area contributed by atoms with Crippen LogP contribution in [-0.4, -0.2) is 51.9 Å². The minimum atomic E-state index is -1.40. The van der Waals surface area contributed by atoms with Gasteiger partial charge in [0.25, 0.3) is 0 Å². The number of nitriles is 1. The quantitative estimate of drug-likeness (QED) is 0.821. The lowest BCUT2D eigenvalue weighted by atomic mass is 10.0. The van der Waals surface area contributed by atoms with Gasteiger partial charge >= 0.3 is 6.09 Å². The normalized spacial score (nSPS) is 19.1. The highest BCUT2D eigenvalue weighted by Gasteiger charge is 2.35. The monoisotopic (exact) mass is 413 g/mol. The van der Waals surface area contributed by atoms with Gasteiger partial charge in [0, 0.05) is 24.6 Å². The number of aromatic nitrogens is 2. The van der Waals surface area contributed by atoms with Crippen molar-refractivity contribution >= 4 is 11.9 Å². The molecule has 1 fully saturated rings. The van der Waals surface area contributed by atoms with E-state index in [1.54, 1.807) is 45.0 Å². The fraction of sp³-hybridized carbons (Fsp3) is 0.429. The predicted molar refractivity (Wildman–Crippen MR) is 108 cm³/mol. The molecule has 2 heterocycles. The average molecular weight is 413 g/mol. The maximum absolute atomic E-state index is 14.7. The standard InChI is InChI=1S/C21H24FN5O3/c1-21(2,3)30-20(28)27-7-6-18(15(22)11-27)29-17-5-4-13(8-14(17)10-23)16-9-19(24)26-12-25-16/h4-5,8-9,12,15,18H,6-7,11H2,1-3H3,(H2,24,25,26)/t15-,18-/m0/s1. The number of ether oxygens (including phenoxy) is 2. The van der Waals surface area contributed by atoms with Gasteiger partial charge < -0.3 is 20.1 Å². The van der Waals surface area contributed by atoms with Crippen LogP contribution in [-0.2, 0) is 4.74 Å². The second kappa shape index (κ2) is 8.53. The number of nitrogens with zero attached hydrogens (tertiary/aromatic N) is 4. The van der Waals surface area contributed by atoms with Crippen LogP contribution in [0.5, 0.6) is 5.75 Å². The third-order valence-electron chi connectivity index (χ3n) is 4.50. The molecule has 1 aromatic heterocycles. The van der Waals surface area contributed by atoms with Gasteiger partial charge in [0.15, 0.2) is 6.17 Å². The van der Waals surface area contributed by atoms with Crippen LogP contribution in [0.1, 0.15) is 32.8 Å². The number of rotatable bonds is 3. The van der Waals surface area contributed by atoms with Gasteiger partial charge in [0.2, 0.25) is 0 Å². The lowest BCUT2D eigenvalue weighted by Crippen LogP contribution is -2.50. The Labute approximate surface area is 174 Å². The summed E-state index contributed by atoms with van der Waals surface area (Å²) in [6.07, 6.45) is -1.09. The van der Waals surface area contributed by atoms with Gasteiger partial charge in [0.05, 0.1) is 17.8 Å². The van der Waals surface area contributed by atoms with E-state index in [0.29, 0.717) is 23.6 Å².